The van der Waals surface area contributed by atoms with Crippen LogP contribution in [-0.4, -0.2) is 41.0 Å². The van der Waals surface area contributed by atoms with Crippen molar-refractivity contribution in [2.24, 2.45) is 0 Å². The predicted octanol–water partition coefficient (Wildman–Crippen LogP) is 3.40. The number of ether oxygens (including phenoxy) is 2. The van der Waals surface area contributed by atoms with Gasteiger partial charge in [0, 0.05) is 12.6 Å². The van der Waals surface area contributed by atoms with Gasteiger partial charge in [-0.25, -0.2) is 4.98 Å². The second kappa shape index (κ2) is 7.15. The Labute approximate surface area is 157 Å². The van der Waals surface area contributed by atoms with Gasteiger partial charge in [-0.1, -0.05) is 24.3 Å². The Morgan fingerprint density at radius 3 is 2.93 bits per heavy atom. The van der Waals surface area contributed by atoms with Crippen LogP contribution in [0.3, 0.4) is 0 Å². The summed E-state index contributed by atoms with van der Waals surface area (Å²) in [5, 5.41) is 0. The number of hydrogen-bond donors (Lipinski definition) is 1. The molecule has 0 saturated carbocycles. The van der Waals surface area contributed by atoms with Gasteiger partial charge in [0.25, 0.3) is 5.91 Å². The molecule has 2 aromatic carbocycles. The number of carbonyl (C=O) groups excluding carboxylic acids is 1. The van der Waals surface area contributed by atoms with Gasteiger partial charge in [0.1, 0.15) is 12.4 Å². The smallest absolute Gasteiger partial charge is 0.253 e. The zero-order chi connectivity index (χ0) is 18.8. The zero-order valence-corrected chi connectivity index (χ0v) is 15.4. The number of nitrogens with zero attached hydrogens (tertiary/aromatic N) is 2. The average molecular weight is 363 g/mol. The molecule has 0 atom stereocenters. The normalized spacial score (nSPS) is 12.9. The maximum atomic E-state index is 12.8. The summed E-state index contributed by atoms with van der Waals surface area (Å²) in [4.78, 5) is 22.3. The Hall–Kier alpha value is -3.28. The van der Waals surface area contributed by atoms with E-state index in [-0.39, 0.29) is 12.5 Å². The van der Waals surface area contributed by atoms with Crippen molar-refractivity contribution < 1.29 is 14.3 Å². The van der Waals surface area contributed by atoms with Gasteiger partial charge in [0.05, 0.1) is 29.8 Å². The number of carbonyl (C=O) groups is 1. The first-order chi connectivity index (χ1) is 13.2. The molecular weight excluding hydrogens is 342 g/mol. The number of hydrogen-bond acceptors (Lipinski definition) is 4. The van der Waals surface area contributed by atoms with E-state index in [0.717, 1.165) is 22.4 Å². The molecule has 2 heterocycles. The quantitative estimate of drug-likeness (QED) is 0.754. The largest absolute Gasteiger partial charge is 0.490 e. The molecule has 0 unspecified atom stereocenters. The third-order valence-electron chi connectivity index (χ3n) is 4.46. The average Bonchev–Trinajstić information content (AvgIpc) is 3.09. The Bertz CT molecular complexity index is 989. The number of fused-ring (bicyclic) bond motifs is 2. The van der Waals surface area contributed by atoms with Crippen LogP contribution in [-0.2, 0) is 11.3 Å². The molecule has 0 radical (unpaired) electrons. The number of likely N-dealkylation sites (N-methyl/N-ethyl adjacent to an activating group) is 1. The number of benzene rings is 2. The van der Waals surface area contributed by atoms with Crippen LogP contribution in [0.4, 0.5) is 0 Å². The van der Waals surface area contributed by atoms with E-state index in [0.29, 0.717) is 30.2 Å². The standard InChI is InChI=1S/C21H21N3O3/c1-3-26-18-10-6-7-14-11-15(13-27-20(14)18)21(25)24(2)12-19-22-16-8-4-5-9-17(16)23-19/h4-11H,3,12-13H2,1-2H3,(H,22,23). The van der Waals surface area contributed by atoms with Crippen molar-refractivity contribution in [2.75, 3.05) is 20.3 Å². The summed E-state index contributed by atoms with van der Waals surface area (Å²) >= 11 is 0. The molecule has 1 N–H and O–H groups in total. The number of aromatic nitrogens is 2. The fourth-order valence-electron chi connectivity index (χ4n) is 3.19. The lowest BCUT2D eigenvalue weighted by Gasteiger charge is -2.23. The number of para-hydroxylation sites is 3. The Kier molecular flexibility index (Phi) is 4.54. The van der Waals surface area contributed by atoms with E-state index >= 15 is 0 Å². The highest BCUT2D eigenvalue weighted by atomic mass is 16.5. The van der Waals surface area contributed by atoms with Crippen LogP contribution < -0.4 is 9.47 Å². The van der Waals surface area contributed by atoms with Gasteiger partial charge in [-0.15, -0.1) is 0 Å². The summed E-state index contributed by atoms with van der Waals surface area (Å²) in [6, 6.07) is 13.5. The van der Waals surface area contributed by atoms with Gasteiger partial charge in [-0.05, 0) is 31.2 Å². The van der Waals surface area contributed by atoms with Gasteiger partial charge in [0.15, 0.2) is 11.5 Å². The highest BCUT2D eigenvalue weighted by Crippen LogP contribution is 2.36. The number of aromatic amines is 1. The maximum absolute atomic E-state index is 12.8. The first-order valence-corrected chi connectivity index (χ1v) is 8.94. The minimum atomic E-state index is -0.0806. The molecule has 1 amide bonds. The second-order valence-electron chi connectivity index (χ2n) is 6.43. The topological polar surface area (TPSA) is 67.5 Å². The van der Waals surface area contributed by atoms with Crippen molar-refractivity contribution in [3.05, 3.63) is 59.4 Å². The molecule has 138 valence electrons. The van der Waals surface area contributed by atoms with Crippen LogP contribution in [0.25, 0.3) is 17.1 Å². The van der Waals surface area contributed by atoms with Gasteiger partial charge in [-0.3, -0.25) is 4.79 Å². The van der Waals surface area contributed by atoms with E-state index < -0.39 is 0 Å². The number of amides is 1. The first-order valence-electron chi connectivity index (χ1n) is 8.94. The lowest BCUT2D eigenvalue weighted by atomic mass is 10.1. The highest BCUT2D eigenvalue weighted by Gasteiger charge is 2.23. The number of H-pyrrole nitrogens is 1. The molecule has 0 fully saturated rings. The highest BCUT2D eigenvalue weighted by molar-refractivity contribution is 5.99. The molecule has 3 aromatic rings. The van der Waals surface area contributed by atoms with E-state index in [1.807, 2.05) is 55.5 Å². The summed E-state index contributed by atoms with van der Waals surface area (Å²) < 4.78 is 11.4. The Morgan fingerprint density at radius 2 is 2.11 bits per heavy atom. The minimum absolute atomic E-state index is 0.0806. The van der Waals surface area contributed by atoms with Crippen LogP contribution in [0.2, 0.25) is 0 Å². The molecule has 0 saturated heterocycles. The van der Waals surface area contributed by atoms with E-state index in [2.05, 4.69) is 9.97 Å². The van der Waals surface area contributed by atoms with Crippen LogP contribution in [0.1, 0.15) is 18.3 Å². The summed E-state index contributed by atoms with van der Waals surface area (Å²) in [6.07, 6.45) is 1.87. The molecular formula is C21H21N3O3. The number of imidazole rings is 1. The maximum Gasteiger partial charge on any atom is 0.253 e. The second-order valence-corrected chi connectivity index (χ2v) is 6.43. The molecule has 1 aromatic heterocycles. The van der Waals surface area contributed by atoms with E-state index in [9.17, 15) is 4.79 Å². The fourth-order valence-corrected chi connectivity index (χ4v) is 3.19. The first kappa shape index (κ1) is 17.1. The molecule has 6 heteroatoms. The molecule has 4 rings (SSSR count). The molecule has 1 aliphatic heterocycles. The van der Waals surface area contributed by atoms with Crippen LogP contribution in [0, 0.1) is 0 Å². The van der Waals surface area contributed by atoms with Gasteiger partial charge in [-0.2, -0.15) is 0 Å². The van der Waals surface area contributed by atoms with E-state index in [1.165, 1.54) is 0 Å². The number of rotatable bonds is 5. The SMILES string of the molecule is CCOc1cccc2c1OCC(C(=O)N(C)Cc1nc3ccccc3[nH]1)=C2. The minimum Gasteiger partial charge on any atom is -0.490 e. The van der Waals surface area contributed by atoms with Crippen molar-refractivity contribution in [2.45, 2.75) is 13.5 Å². The van der Waals surface area contributed by atoms with E-state index in [1.54, 1.807) is 11.9 Å². The third-order valence-corrected chi connectivity index (χ3v) is 4.46. The third kappa shape index (κ3) is 3.38. The Morgan fingerprint density at radius 1 is 1.26 bits per heavy atom. The summed E-state index contributed by atoms with van der Waals surface area (Å²) in [5.41, 5.74) is 3.32. The lowest BCUT2D eigenvalue weighted by molar-refractivity contribution is -0.126. The van der Waals surface area contributed by atoms with Gasteiger partial charge < -0.3 is 19.4 Å². The molecule has 1 aliphatic rings. The summed E-state index contributed by atoms with van der Waals surface area (Å²) in [7, 11) is 1.77. The molecule has 0 aliphatic carbocycles. The van der Waals surface area contributed by atoms with Crippen molar-refractivity contribution in [1.82, 2.24) is 14.9 Å². The fraction of sp³-hybridized carbons (Fsp3) is 0.238. The van der Waals surface area contributed by atoms with Crippen molar-refractivity contribution in [3.63, 3.8) is 0 Å². The number of nitrogens with one attached hydrogen (secondary N) is 1. The van der Waals surface area contributed by atoms with Gasteiger partial charge >= 0.3 is 0 Å². The molecule has 0 spiro atoms. The predicted molar refractivity (Wildman–Crippen MR) is 104 cm³/mol. The van der Waals surface area contributed by atoms with Crippen molar-refractivity contribution in [3.8, 4) is 11.5 Å². The molecule has 27 heavy (non-hydrogen) atoms. The van der Waals surface area contributed by atoms with Crippen molar-refractivity contribution in [1.29, 1.82) is 0 Å². The van der Waals surface area contributed by atoms with Crippen LogP contribution in [0.5, 0.6) is 11.5 Å². The van der Waals surface area contributed by atoms with Gasteiger partial charge in [0.2, 0.25) is 0 Å². The Balaban J connectivity index is 1.52. The van der Waals surface area contributed by atoms with Crippen LogP contribution in [0.15, 0.2) is 48.0 Å². The molecule has 6 nitrogen and oxygen atoms in total. The van der Waals surface area contributed by atoms with E-state index in [4.69, 9.17) is 9.47 Å². The lowest BCUT2D eigenvalue weighted by Crippen LogP contribution is -2.31. The summed E-state index contributed by atoms with van der Waals surface area (Å²) in [6.45, 7) is 3.12. The van der Waals surface area contributed by atoms with Crippen LogP contribution >= 0.6 is 0 Å². The molecule has 0 bridgehead atoms. The van der Waals surface area contributed by atoms with Crippen molar-refractivity contribution >= 4 is 23.0 Å². The summed E-state index contributed by atoms with van der Waals surface area (Å²) in [5.74, 6) is 2.07. The zero-order valence-electron chi connectivity index (χ0n) is 15.4. The monoisotopic (exact) mass is 363 g/mol.